The number of hydrogen-bond donors (Lipinski definition) is 2. The van der Waals surface area contributed by atoms with Gasteiger partial charge in [-0.2, -0.15) is 0 Å². The van der Waals surface area contributed by atoms with Gasteiger partial charge in [-0.25, -0.2) is 0 Å². The molecule has 2 atom stereocenters. The van der Waals surface area contributed by atoms with Gasteiger partial charge < -0.3 is 29.7 Å². The monoisotopic (exact) mass is 526 g/mol. The van der Waals surface area contributed by atoms with E-state index in [1.807, 2.05) is 56.6 Å². The van der Waals surface area contributed by atoms with Crippen molar-refractivity contribution in [3.05, 3.63) is 103 Å². The Labute approximate surface area is 227 Å². The zero-order valence-electron chi connectivity index (χ0n) is 21.5. The molecule has 2 N–H and O–H groups in total. The van der Waals surface area contributed by atoms with Crippen LogP contribution >= 0.6 is 12.2 Å². The highest BCUT2D eigenvalue weighted by Crippen LogP contribution is 2.42. The molecule has 1 amide bonds. The molecule has 0 saturated carbocycles. The Balaban J connectivity index is 1.54. The highest BCUT2D eigenvalue weighted by atomic mass is 32.1. The maximum absolute atomic E-state index is 12.0. The van der Waals surface area contributed by atoms with Crippen LogP contribution in [0.3, 0.4) is 0 Å². The predicted octanol–water partition coefficient (Wildman–Crippen LogP) is 4.70. The lowest BCUT2D eigenvalue weighted by atomic mass is 10.0. The molecule has 1 aliphatic heterocycles. The summed E-state index contributed by atoms with van der Waals surface area (Å²) in [6.45, 7) is 0.00221. The van der Waals surface area contributed by atoms with E-state index in [0.29, 0.717) is 10.8 Å². The molecule has 9 heteroatoms. The minimum atomic E-state index is -0.204. The third-order valence-electron chi connectivity index (χ3n) is 6.53. The van der Waals surface area contributed by atoms with E-state index >= 15 is 0 Å². The Kier molecular flexibility index (Phi) is 7.39. The molecule has 1 aliphatic rings. The zero-order valence-corrected chi connectivity index (χ0v) is 22.4. The maximum atomic E-state index is 12.0. The molecule has 38 heavy (non-hydrogen) atoms. The highest BCUT2D eigenvalue weighted by molar-refractivity contribution is 7.80. The van der Waals surface area contributed by atoms with Crippen molar-refractivity contribution in [3.8, 4) is 5.69 Å². The molecule has 2 aromatic carbocycles. The number of pyridine rings is 1. The first-order chi connectivity index (χ1) is 18.5. The van der Waals surface area contributed by atoms with Crippen LogP contribution in [0.4, 0.5) is 17.1 Å². The second kappa shape index (κ2) is 11.0. The van der Waals surface area contributed by atoms with Gasteiger partial charge in [0, 0.05) is 62.0 Å². The Hall–Kier alpha value is -4.21. The van der Waals surface area contributed by atoms with Gasteiger partial charge in [0.2, 0.25) is 5.91 Å². The summed E-state index contributed by atoms with van der Waals surface area (Å²) in [6, 6.07) is 25.9. The van der Waals surface area contributed by atoms with E-state index in [1.54, 1.807) is 6.20 Å². The van der Waals surface area contributed by atoms with Crippen LogP contribution in [-0.4, -0.2) is 48.4 Å². The summed E-state index contributed by atoms with van der Waals surface area (Å²) in [7, 11) is 5.56. The fourth-order valence-electron chi connectivity index (χ4n) is 4.75. The number of rotatable bonds is 8. The fraction of sp³-hybridized carbons (Fsp3) is 0.207. The molecule has 5 rings (SSSR count). The number of benzene rings is 2. The molecule has 1 fully saturated rings. The number of amides is 1. The van der Waals surface area contributed by atoms with Gasteiger partial charge in [0.15, 0.2) is 5.11 Å². The molecule has 2 aromatic heterocycles. The van der Waals surface area contributed by atoms with Crippen LogP contribution in [0.15, 0.2) is 91.3 Å². The van der Waals surface area contributed by atoms with E-state index < -0.39 is 0 Å². The number of hydrogen-bond acceptors (Lipinski definition) is 5. The Bertz CT molecular complexity index is 1400. The van der Waals surface area contributed by atoms with Gasteiger partial charge in [-0.15, -0.1) is 0 Å². The van der Waals surface area contributed by atoms with Crippen LogP contribution in [-0.2, 0) is 9.53 Å². The van der Waals surface area contributed by atoms with Crippen LogP contribution in [0.1, 0.15) is 23.5 Å². The fourth-order valence-corrected chi connectivity index (χ4v) is 5.09. The van der Waals surface area contributed by atoms with Crippen molar-refractivity contribution in [3.63, 3.8) is 0 Å². The highest BCUT2D eigenvalue weighted by Gasteiger charge is 2.42. The predicted molar refractivity (Wildman–Crippen MR) is 155 cm³/mol. The first-order valence-corrected chi connectivity index (χ1v) is 12.7. The molecule has 0 spiro atoms. The number of aromatic nitrogens is 2. The standard InChI is InChI=1S/C29H30N6O2S/c1-33(2)21-13-15-22(16-14-21)34-18-6-8-25(34)28-27(24-7-4-5-17-30-24)32-29(38)35(28)23-11-9-20(10-12-23)31-26(36)19-37-3/h4-18,27-28H,19H2,1-3H3,(H,31,36)(H,32,38). The minimum absolute atomic E-state index is 0.00221. The molecule has 0 bridgehead atoms. The van der Waals surface area contributed by atoms with E-state index in [9.17, 15) is 4.79 Å². The van der Waals surface area contributed by atoms with Crippen LogP contribution in [0.5, 0.6) is 0 Å². The first kappa shape index (κ1) is 25.4. The molecule has 0 aliphatic carbocycles. The Morgan fingerprint density at radius 2 is 1.76 bits per heavy atom. The molecular weight excluding hydrogens is 496 g/mol. The Morgan fingerprint density at radius 1 is 1.03 bits per heavy atom. The number of nitrogens with one attached hydrogen (secondary N) is 2. The number of anilines is 3. The lowest BCUT2D eigenvalue weighted by molar-refractivity contribution is -0.119. The SMILES string of the molecule is COCC(=O)Nc1ccc(N2C(=S)NC(c3ccccn3)C2c2cccn2-c2ccc(N(C)C)cc2)cc1. The van der Waals surface area contributed by atoms with Crippen molar-refractivity contribution in [1.82, 2.24) is 14.9 Å². The van der Waals surface area contributed by atoms with E-state index in [-0.39, 0.29) is 24.6 Å². The second-order valence-electron chi connectivity index (χ2n) is 9.24. The van der Waals surface area contributed by atoms with Crippen molar-refractivity contribution in [2.24, 2.45) is 0 Å². The van der Waals surface area contributed by atoms with E-state index in [1.165, 1.54) is 7.11 Å². The maximum Gasteiger partial charge on any atom is 0.250 e. The third kappa shape index (κ3) is 5.11. The van der Waals surface area contributed by atoms with Crippen molar-refractivity contribution >= 4 is 40.3 Å². The van der Waals surface area contributed by atoms with Crippen LogP contribution in [0, 0.1) is 0 Å². The van der Waals surface area contributed by atoms with E-state index in [0.717, 1.165) is 28.5 Å². The van der Waals surface area contributed by atoms with Gasteiger partial charge in [-0.1, -0.05) is 6.07 Å². The van der Waals surface area contributed by atoms with Gasteiger partial charge in [0.25, 0.3) is 0 Å². The number of nitrogens with zero attached hydrogens (tertiary/aromatic N) is 4. The minimum Gasteiger partial charge on any atom is -0.378 e. The summed E-state index contributed by atoms with van der Waals surface area (Å²) < 4.78 is 7.11. The van der Waals surface area contributed by atoms with Crippen molar-refractivity contribution in [2.75, 3.05) is 42.9 Å². The van der Waals surface area contributed by atoms with Crippen LogP contribution < -0.4 is 20.4 Å². The first-order valence-electron chi connectivity index (χ1n) is 12.3. The topological polar surface area (TPSA) is 74.7 Å². The number of methoxy groups -OCH3 is 1. The number of ether oxygens (including phenoxy) is 1. The number of thiocarbonyl (C=S) groups is 1. The summed E-state index contributed by atoms with van der Waals surface area (Å²) in [4.78, 5) is 20.8. The molecular formula is C29H30N6O2S. The van der Waals surface area contributed by atoms with Gasteiger partial charge in [0.1, 0.15) is 12.6 Å². The molecule has 194 valence electrons. The van der Waals surface area contributed by atoms with Crippen LogP contribution in [0.2, 0.25) is 0 Å². The van der Waals surface area contributed by atoms with E-state index in [2.05, 4.69) is 72.6 Å². The lowest BCUT2D eigenvalue weighted by Crippen LogP contribution is -2.30. The molecule has 1 saturated heterocycles. The van der Waals surface area contributed by atoms with Gasteiger partial charge in [-0.3, -0.25) is 9.78 Å². The summed E-state index contributed by atoms with van der Waals surface area (Å²) in [6.07, 6.45) is 3.87. The lowest BCUT2D eigenvalue weighted by Gasteiger charge is -2.29. The molecule has 0 radical (unpaired) electrons. The molecule has 2 unspecified atom stereocenters. The van der Waals surface area contributed by atoms with Crippen molar-refractivity contribution < 1.29 is 9.53 Å². The summed E-state index contributed by atoms with van der Waals surface area (Å²) >= 11 is 5.88. The molecule has 3 heterocycles. The normalized spacial score (nSPS) is 16.8. The summed E-state index contributed by atoms with van der Waals surface area (Å²) in [5.41, 5.74) is 5.77. The summed E-state index contributed by atoms with van der Waals surface area (Å²) in [5.74, 6) is -0.204. The smallest absolute Gasteiger partial charge is 0.250 e. The Morgan fingerprint density at radius 3 is 2.42 bits per heavy atom. The van der Waals surface area contributed by atoms with Crippen molar-refractivity contribution in [1.29, 1.82) is 0 Å². The van der Waals surface area contributed by atoms with Crippen LogP contribution in [0.25, 0.3) is 5.69 Å². The van der Waals surface area contributed by atoms with Gasteiger partial charge >= 0.3 is 0 Å². The molecule has 4 aromatic rings. The third-order valence-corrected chi connectivity index (χ3v) is 6.84. The van der Waals surface area contributed by atoms with E-state index in [4.69, 9.17) is 17.0 Å². The zero-order chi connectivity index (χ0) is 26.6. The summed E-state index contributed by atoms with van der Waals surface area (Å²) in [5, 5.41) is 6.96. The average molecular weight is 527 g/mol. The quantitative estimate of drug-likeness (QED) is 0.323. The molecule has 8 nitrogen and oxygen atoms in total. The largest absolute Gasteiger partial charge is 0.378 e. The number of carbonyl (C=O) groups excluding carboxylic acids is 1. The average Bonchev–Trinajstić information content (AvgIpc) is 3.54. The second-order valence-corrected chi connectivity index (χ2v) is 9.63. The van der Waals surface area contributed by atoms with Crippen molar-refractivity contribution in [2.45, 2.75) is 12.1 Å². The van der Waals surface area contributed by atoms with Gasteiger partial charge in [-0.05, 0) is 85.0 Å². The number of carbonyl (C=O) groups is 1. The van der Waals surface area contributed by atoms with Gasteiger partial charge in [0.05, 0.1) is 11.7 Å².